The smallest absolute Gasteiger partial charge is 0.154 e. The van der Waals surface area contributed by atoms with Crippen LogP contribution in [0.5, 0.6) is 0 Å². The highest BCUT2D eigenvalue weighted by molar-refractivity contribution is 6.51. The number of allylic oxidation sites excluding steroid dienone is 2. The van der Waals surface area contributed by atoms with Crippen molar-refractivity contribution in [2.45, 2.75) is 10.4 Å². The minimum Gasteiger partial charge on any atom is -0.177 e. The Morgan fingerprint density at radius 2 is 1.62 bits per heavy atom. The van der Waals surface area contributed by atoms with Crippen LogP contribution in [-0.2, 0) is 0 Å². The summed E-state index contributed by atoms with van der Waals surface area (Å²) < 4.78 is -0.904. The highest BCUT2D eigenvalue weighted by Crippen LogP contribution is 2.28. The summed E-state index contributed by atoms with van der Waals surface area (Å²) in [5, 5.41) is 8.27. The van der Waals surface area contributed by atoms with Crippen molar-refractivity contribution in [3.63, 3.8) is 0 Å². The predicted molar refractivity (Wildman–Crippen MR) is 67.5 cm³/mol. The van der Waals surface area contributed by atoms with E-state index in [1.165, 1.54) is 0 Å². The van der Waals surface area contributed by atoms with E-state index in [0.29, 0.717) is 0 Å². The van der Waals surface area contributed by atoms with Crippen LogP contribution in [0.1, 0.15) is 0 Å². The SMILES string of the molecule is ClC1(Cl)C=CC(/N=N/c2ccccc2)C=C1. The van der Waals surface area contributed by atoms with Crippen molar-refractivity contribution in [1.82, 2.24) is 0 Å². The van der Waals surface area contributed by atoms with E-state index in [1.54, 1.807) is 12.2 Å². The largest absolute Gasteiger partial charge is 0.177 e. The Balaban J connectivity index is 2.03. The van der Waals surface area contributed by atoms with Crippen molar-refractivity contribution >= 4 is 28.9 Å². The van der Waals surface area contributed by atoms with Gasteiger partial charge in [0, 0.05) is 0 Å². The molecule has 0 bridgehead atoms. The molecule has 0 aromatic heterocycles. The molecule has 0 atom stereocenters. The second-order valence-corrected chi connectivity index (χ2v) is 4.88. The summed E-state index contributed by atoms with van der Waals surface area (Å²) in [6.07, 6.45) is 7.05. The van der Waals surface area contributed by atoms with Gasteiger partial charge >= 0.3 is 0 Å². The highest BCUT2D eigenvalue weighted by atomic mass is 35.5. The molecule has 0 fully saturated rings. The quantitative estimate of drug-likeness (QED) is 0.423. The molecule has 0 saturated heterocycles. The van der Waals surface area contributed by atoms with Crippen LogP contribution in [0.4, 0.5) is 5.69 Å². The van der Waals surface area contributed by atoms with Crippen LogP contribution in [-0.4, -0.2) is 10.4 Å². The average Bonchev–Trinajstić information content (AvgIpc) is 2.29. The van der Waals surface area contributed by atoms with Gasteiger partial charge in [0.15, 0.2) is 4.33 Å². The first-order valence-corrected chi connectivity index (χ1v) is 5.64. The van der Waals surface area contributed by atoms with E-state index < -0.39 is 4.33 Å². The van der Waals surface area contributed by atoms with Gasteiger partial charge in [-0.15, -0.1) is 0 Å². The topological polar surface area (TPSA) is 24.7 Å². The molecule has 1 aliphatic rings. The number of benzene rings is 1. The maximum absolute atomic E-state index is 5.87. The van der Waals surface area contributed by atoms with Crippen LogP contribution < -0.4 is 0 Å². The van der Waals surface area contributed by atoms with Crippen molar-refractivity contribution < 1.29 is 0 Å². The Labute approximate surface area is 104 Å². The van der Waals surface area contributed by atoms with Crippen molar-refractivity contribution in [3.05, 3.63) is 54.6 Å². The number of nitrogens with zero attached hydrogens (tertiary/aromatic N) is 2. The van der Waals surface area contributed by atoms with Crippen LogP contribution >= 0.6 is 23.2 Å². The van der Waals surface area contributed by atoms with E-state index in [9.17, 15) is 0 Å². The van der Waals surface area contributed by atoms with Gasteiger partial charge in [-0.3, -0.25) is 0 Å². The third kappa shape index (κ3) is 3.19. The lowest BCUT2D eigenvalue weighted by Crippen LogP contribution is -2.11. The van der Waals surface area contributed by atoms with Crippen LogP contribution in [0.15, 0.2) is 64.9 Å². The molecule has 0 heterocycles. The van der Waals surface area contributed by atoms with Crippen LogP contribution in [0.3, 0.4) is 0 Å². The summed E-state index contributed by atoms with van der Waals surface area (Å²) in [5.41, 5.74) is 0.831. The molecule has 0 radical (unpaired) electrons. The predicted octanol–water partition coefficient (Wildman–Crippen LogP) is 4.44. The van der Waals surface area contributed by atoms with E-state index in [4.69, 9.17) is 23.2 Å². The maximum Gasteiger partial charge on any atom is 0.154 e. The molecular weight excluding hydrogens is 243 g/mol. The molecule has 16 heavy (non-hydrogen) atoms. The van der Waals surface area contributed by atoms with Crippen molar-refractivity contribution in [2.24, 2.45) is 10.2 Å². The Morgan fingerprint density at radius 1 is 1.00 bits per heavy atom. The maximum atomic E-state index is 5.87. The molecule has 0 unspecified atom stereocenters. The fraction of sp³-hybridized carbons (Fsp3) is 0.167. The highest BCUT2D eigenvalue weighted by Gasteiger charge is 2.19. The first kappa shape index (κ1) is 11.4. The molecule has 2 rings (SSSR count). The minimum atomic E-state index is -0.904. The Bertz CT molecular complexity index is 420. The zero-order valence-electron chi connectivity index (χ0n) is 8.42. The molecule has 0 amide bonds. The number of halogens is 2. The van der Waals surface area contributed by atoms with Gasteiger partial charge in [0.25, 0.3) is 0 Å². The summed E-state index contributed by atoms with van der Waals surface area (Å²) >= 11 is 11.7. The zero-order chi connectivity index (χ0) is 11.4. The Kier molecular flexibility index (Phi) is 3.42. The van der Waals surface area contributed by atoms with Crippen LogP contribution in [0, 0.1) is 0 Å². The fourth-order valence-electron chi connectivity index (χ4n) is 1.28. The number of hydrogen-bond donors (Lipinski definition) is 0. The van der Waals surface area contributed by atoms with Gasteiger partial charge < -0.3 is 0 Å². The van der Waals surface area contributed by atoms with E-state index in [0.717, 1.165) is 5.69 Å². The number of azo groups is 1. The molecule has 1 aromatic rings. The second-order valence-electron chi connectivity index (χ2n) is 3.43. The van der Waals surface area contributed by atoms with Gasteiger partial charge in [0.1, 0.15) is 6.04 Å². The number of rotatable bonds is 2. The summed E-state index contributed by atoms with van der Waals surface area (Å²) in [4.78, 5) is 0. The van der Waals surface area contributed by atoms with Crippen molar-refractivity contribution in [1.29, 1.82) is 0 Å². The number of hydrogen-bond acceptors (Lipinski definition) is 2. The molecule has 4 heteroatoms. The second kappa shape index (κ2) is 4.81. The van der Waals surface area contributed by atoms with Gasteiger partial charge in [-0.05, 0) is 24.3 Å². The van der Waals surface area contributed by atoms with Gasteiger partial charge in [0.2, 0.25) is 0 Å². The van der Waals surface area contributed by atoms with Crippen molar-refractivity contribution in [3.8, 4) is 0 Å². The molecule has 1 aromatic carbocycles. The lowest BCUT2D eigenvalue weighted by Gasteiger charge is -2.14. The Morgan fingerprint density at radius 3 is 2.25 bits per heavy atom. The third-order valence-electron chi connectivity index (χ3n) is 2.09. The summed E-state index contributed by atoms with van der Waals surface area (Å²) in [7, 11) is 0. The average molecular weight is 253 g/mol. The fourth-order valence-corrected chi connectivity index (χ4v) is 1.57. The molecule has 0 N–H and O–H groups in total. The van der Waals surface area contributed by atoms with Crippen LogP contribution in [0.2, 0.25) is 0 Å². The van der Waals surface area contributed by atoms with Gasteiger partial charge in [-0.25, -0.2) is 0 Å². The third-order valence-corrected chi connectivity index (χ3v) is 2.60. The molecule has 0 aliphatic heterocycles. The van der Waals surface area contributed by atoms with E-state index in [2.05, 4.69) is 10.2 Å². The molecule has 2 nitrogen and oxygen atoms in total. The molecule has 0 spiro atoms. The van der Waals surface area contributed by atoms with Gasteiger partial charge in [0.05, 0.1) is 5.69 Å². The monoisotopic (exact) mass is 252 g/mol. The van der Waals surface area contributed by atoms with Crippen LogP contribution in [0.25, 0.3) is 0 Å². The van der Waals surface area contributed by atoms with E-state index in [-0.39, 0.29) is 6.04 Å². The first-order valence-electron chi connectivity index (χ1n) is 4.88. The first-order chi connectivity index (χ1) is 7.66. The Hall–Kier alpha value is -1.12. The van der Waals surface area contributed by atoms with E-state index in [1.807, 2.05) is 42.5 Å². The molecular formula is C12H10Cl2N2. The summed E-state index contributed by atoms with van der Waals surface area (Å²) in [5.74, 6) is 0. The lowest BCUT2D eigenvalue weighted by molar-refractivity contribution is 0.902. The van der Waals surface area contributed by atoms with E-state index >= 15 is 0 Å². The standard InChI is InChI=1S/C12H10Cl2N2/c13-12(14)8-6-11(7-9-12)16-15-10-4-2-1-3-5-10/h1-9,11H/b16-15+. The number of alkyl halides is 2. The summed E-state index contributed by atoms with van der Waals surface area (Å²) in [6.45, 7) is 0. The molecule has 1 aliphatic carbocycles. The lowest BCUT2D eigenvalue weighted by atomic mass is 10.1. The molecule has 82 valence electrons. The summed E-state index contributed by atoms with van der Waals surface area (Å²) in [6, 6.07) is 9.48. The zero-order valence-corrected chi connectivity index (χ0v) is 9.94. The van der Waals surface area contributed by atoms with Gasteiger partial charge in [-0.1, -0.05) is 53.6 Å². The molecule has 0 saturated carbocycles. The minimum absolute atomic E-state index is 0.0918. The van der Waals surface area contributed by atoms with Crippen molar-refractivity contribution in [2.75, 3.05) is 0 Å². The normalized spacial score (nSPS) is 19.4. The van der Waals surface area contributed by atoms with Gasteiger partial charge in [-0.2, -0.15) is 10.2 Å².